The van der Waals surface area contributed by atoms with Gasteiger partial charge in [0.1, 0.15) is 11.3 Å². The molecule has 158 valence electrons. The predicted molar refractivity (Wildman–Crippen MR) is 109 cm³/mol. The van der Waals surface area contributed by atoms with E-state index in [9.17, 15) is 14.4 Å². The van der Waals surface area contributed by atoms with Crippen LogP contribution in [0.5, 0.6) is 0 Å². The molecule has 1 aliphatic heterocycles. The Balaban J connectivity index is 1.26. The van der Waals surface area contributed by atoms with Crippen LogP contribution in [0.1, 0.15) is 41.9 Å². The normalized spacial score (nSPS) is 15.1. The van der Waals surface area contributed by atoms with Crippen molar-refractivity contribution in [2.75, 3.05) is 13.1 Å². The molecule has 10 nitrogen and oxygen atoms in total. The molecule has 0 saturated carbocycles. The molecule has 0 bridgehead atoms. The third kappa shape index (κ3) is 4.03. The van der Waals surface area contributed by atoms with Crippen LogP contribution in [0.4, 0.5) is 0 Å². The Morgan fingerprint density at radius 2 is 1.93 bits per heavy atom. The van der Waals surface area contributed by atoms with E-state index in [1.54, 1.807) is 37.4 Å². The zero-order valence-corrected chi connectivity index (χ0v) is 17.2. The first kappa shape index (κ1) is 20.0. The van der Waals surface area contributed by atoms with Crippen LogP contribution >= 0.6 is 0 Å². The van der Waals surface area contributed by atoms with Crippen molar-refractivity contribution in [1.29, 1.82) is 0 Å². The van der Waals surface area contributed by atoms with E-state index in [2.05, 4.69) is 20.2 Å². The molecule has 1 aliphatic rings. The minimum absolute atomic E-state index is 0.0567. The van der Waals surface area contributed by atoms with Crippen molar-refractivity contribution in [3.8, 4) is 0 Å². The fourth-order valence-corrected chi connectivity index (χ4v) is 3.99. The number of hydrogen-bond acceptors (Lipinski definition) is 6. The Kier molecular flexibility index (Phi) is 5.47. The van der Waals surface area contributed by atoms with E-state index in [0.717, 1.165) is 0 Å². The number of ketones is 1. The fraction of sp³-hybridized carbons (Fsp3) is 0.500. The molecule has 1 amide bonds. The average molecular weight is 411 g/mol. The van der Waals surface area contributed by atoms with Crippen LogP contribution in [0.15, 0.2) is 23.4 Å². The van der Waals surface area contributed by atoms with Gasteiger partial charge in [-0.25, -0.2) is 4.98 Å². The van der Waals surface area contributed by atoms with Crippen molar-refractivity contribution in [1.82, 2.24) is 34.4 Å². The van der Waals surface area contributed by atoms with Crippen LogP contribution < -0.4 is 5.56 Å². The number of rotatable bonds is 6. The van der Waals surface area contributed by atoms with E-state index < -0.39 is 0 Å². The number of H-pyrrole nitrogens is 1. The summed E-state index contributed by atoms with van der Waals surface area (Å²) in [7, 11) is 3.49. The highest BCUT2D eigenvalue weighted by atomic mass is 16.2. The highest BCUT2D eigenvalue weighted by Gasteiger charge is 2.28. The molecule has 3 aromatic rings. The summed E-state index contributed by atoms with van der Waals surface area (Å²) in [5.41, 5.74) is 1.41. The zero-order valence-electron chi connectivity index (χ0n) is 17.2. The van der Waals surface area contributed by atoms with Crippen LogP contribution in [0, 0.1) is 5.92 Å². The molecule has 1 N–H and O–H groups in total. The maximum absolute atomic E-state index is 12.5. The topological polar surface area (TPSA) is 119 Å². The van der Waals surface area contributed by atoms with Crippen LogP contribution in [0.3, 0.4) is 0 Å². The van der Waals surface area contributed by atoms with Crippen LogP contribution in [-0.4, -0.2) is 59.2 Å². The van der Waals surface area contributed by atoms with Gasteiger partial charge in [0, 0.05) is 52.1 Å². The summed E-state index contributed by atoms with van der Waals surface area (Å²) in [6.07, 6.45) is 7.75. The van der Waals surface area contributed by atoms with Crippen molar-refractivity contribution in [2.45, 2.75) is 32.1 Å². The molecule has 0 radical (unpaired) electrons. The number of carbonyl (C=O) groups excluding carboxylic acids is 2. The van der Waals surface area contributed by atoms with Gasteiger partial charge in [-0.3, -0.25) is 23.7 Å². The van der Waals surface area contributed by atoms with E-state index in [-0.39, 0.29) is 23.2 Å². The zero-order chi connectivity index (χ0) is 21.3. The Hall–Kier alpha value is -3.30. The van der Waals surface area contributed by atoms with Gasteiger partial charge in [-0.2, -0.15) is 10.2 Å². The fourth-order valence-electron chi connectivity index (χ4n) is 3.99. The summed E-state index contributed by atoms with van der Waals surface area (Å²) in [6.45, 7) is 1.18. The Morgan fingerprint density at radius 3 is 2.63 bits per heavy atom. The van der Waals surface area contributed by atoms with Gasteiger partial charge in [0.15, 0.2) is 11.3 Å². The molecular formula is C20H25N7O3. The van der Waals surface area contributed by atoms with Crippen molar-refractivity contribution in [2.24, 2.45) is 20.0 Å². The van der Waals surface area contributed by atoms with Crippen LogP contribution in [0.25, 0.3) is 11.0 Å². The minimum atomic E-state index is -0.221. The molecule has 0 unspecified atom stereocenters. The van der Waals surface area contributed by atoms with Gasteiger partial charge >= 0.3 is 0 Å². The number of likely N-dealkylation sites (tertiary alicyclic amines) is 1. The summed E-state index contributed by atoms with van der Waals surface area (Å²) >= 11 is 0. The van der Waals surface area contributed by atoms with Gasteiger partial charge in [0.2, 0.25) is 5.91 Å². The molecule has 10 heteroatoms. The van der Waals surface area contributed by atoms with Crippen molar-refractivity contribution in [3.63, 3.8) is 0 Å². The summed E-state index contributed by atoms with van der Waals surface area (Å²) in [5.74, 6) is 0.691. The van der Waals surface area contributed by atoms with Gasteiger partial charge in [-0.1, -0.05) is 0 Å². The van der Waals surface area contributed by atoms with Crippen molar-refractivity contribution < 1.29 is 9.59 Å². The van der Waals surface area contributed by atoms with Crippen molar-refractivity contribution >= 4 is 22.7 Å². The van der Waals surface area contributed by atoms with E-state index in [4.69, 9.17) is 0 Å². The molecule has 0 aliphatic carbocycles. The van der Waals surface area contributed by atoms with Crippen LogP contribution in [-0.2, 0) is 25.3 Å². The predicted octanol–water partition coefficient (Wildman–Crippen LogP) is 0.834. The average Bonchev–Trinajstić information content (AvgIpc) is 3.33. The first-order valence-corrected chi connectivity index (χ1v) is 10.1. The lowest BCUT2D eigenvalue weighted by atomic mass is 9.90. The number of amides is 1. The Labute approximate surface area is 172 Å². The molecule has 1 fully saturated rings. The smallest absolute Gasteiger partial charge is 0.277 e. The third-order valence-electron chi connectivity index (χ3n) is 5.66. The van der Waals surface area contributed by atoms with E-state index >= 15 is 0 Å². The van der Waals surface area contributed by atoms with Crippen molar-refractivity contribution in [3.05, 3.63) is 40.3 Å². The lowest BCUT2D eigenvalue weighted by molar-refractivity contribution is -0.132. The van der Waals surface area contributed by atoms with Gasteiger partial charge in [0.05, 0.1) is 18.0 Å². The summed E-state index contributed by atoms with van der Waals surface area (Å²) in [5, 5.41) is 8.11. The first-order chi connectivity index (χ1) is 14.4. The molecule has 3 aromatic heterocycles. The summed E-state index contributed by atoms with van der Waals surface area (Å²) in [6, 6.07) is 0. The molecule has 0 spiro atoms. The summed E-state index contributed by atoms with van der Waals surface area (Å²) in [4.78, 5) is 46.3. The Morgan fingerprint density at radius 1 is 1.17 bits per heavy atom. The molecule has 0 aromatic carbocycles. The standard InChI is InChI=1S/C20H25N7O3/c1-25-12-14(10-21-25)19(29)13-6-8-27(9-7-13)17(28)5-3-4-16-23-15-11-22-26(2)18(15)20(30)24-16/h10-13H,3-9H2,1-2H3,(H,23,24,30). The number of nitrogens with one attached hydrogen (secondary N) is 1. The first-order valence-electron chi connectivity index (χ1n) is 10.1. The number of nitrogens with zero attached hydrogens (tertiary/aromatic N) is 6. The number of piperidine rings is 1. The molecular weight excluding hydrogens is 386 g/mol. The highest BCUT2D eigenvalue weighted by Crippen LogP contribution is 2.22. The molecule has 4 rings (SSSR count). The van der Waals surface area contributed by atoms with Gasteiger partial charge in [-0.05, 0) is 19.3 Å². The lowest BCUT2D eigenvalue weighted by Gasteiger charge is -2.31. The quantitative estimate of drug-likeness (QED) is 0.600. The molecule has 1 saturated heterocycles. The maximum atomic E-state index is 12.5. The number of carbonyl (C=O) groups is 2. The molecule has 4 heterocycles. The monoisotopic (exact) mass is 411 g/mol. The van der Waals surface area contributed by atoms with Gasteiger partial charge < -0.3 is 9.88 Å². The lowest BCUT2D eigenvalue weighted by Crippen LogP contribution is -2.40. The second-order valence-corrected chi connectivity index (χ2v) is 7.79. The number of Topliss-reactive ketones (excluding diaryl/α,β-unsaturated/α-hetero) is 1. The van der Waals surface area contributed by atoms with E-state index in [0.29, 0.717) is 67.6 Å². The number of fused-ring (bicyclic) bond motifs is 1. The highest BCUT2D eigenvalue weighted by molar-refractivity contribution is 5.97. The van der Waals surface area contributed by atoms with Gasteiger partial charge in [-0.15, -0.1) is 0 Å². The maximum Gasteiger partial charge on any atom is 0.277 e. The van der Waals surface area contributed by atoms with Gasteiger partial charge in [0.25, 0.3) is 5.56 Å². The number of aromatic amines is 1. The van der Waals surface area contributed by atoms with Crippen LogP contribution in [0.2, 0.25) is 0 Å². The number of hydrogen-bond donors (Lipinski definition) is 1. The summed E-state index contributed by atoms with van der Waals surface area (Å²) < 4.78 is 3.12. The SMILES string of the molecule is Cn1cc(C(=O)C2CCN(C(=O)CCCc3nc4cnn(C)c4c(=O)[nH]3)CC2)cn1. The third-order valence-corrected chi connectivity index (χ3v) is 5.66. The molecule has 0 atom stereocenters. The second-order valence-electron chi connectivity index (χ2n) is 7.79. The van der Waals surface area contributed by atoms with E-state index in [1.807, 2.05) is 4.90 Å². The Bertz CT molecular complexity index is 1130. The number of aryl methyl sites for hydroxylation is 3. The van der Waals surface area contributed by atoms with E-state index in [1.165, 1.54) is 4.68 Å². The largest absolute Gasteiger partial charge is 0.343 e. The minimum Gasteiger partial charge on any atom is -0.343 e. The second kappa shape index (κ2) is 8.21. The number of aromatic nitrogens is 6. The molecule has 30 heavy (non-hydrogen) atoms.